The van der Waals surface area contributed by atoms with Crippen LogP contribution in [0.5, 0.6) is 5.75 Å². The number of methoxy groups -OCH3 is 1. The van der Waals surface area contributed by atoms with Crippen LogP contribution in [-0.2, 0) is 6.54 Å². The van der Waals surface area contributed by atoms with Crippen LogP contribution in [0.1, 0.15) is 26.4 Å². The molecule has 0 saturated carbocycles. The number of ether oxygens (including phenoxy) is 1. The first-order chi connectivity index (χ1) is 9.52. The molecule has 2 N–H and O–H groups in total. The second-order valence-corrected chi connectivity index (χ2v) is 4.02. The highest BCUT2D eigenvalue weighted by Gasteiger charge is 2.22. The number of hydrogen-bond donors (Lipinski definition) is 2. The molecule has 0 aliphatic rings. The van der Waals surface area contributed by atoms with Crippen molar-refractivity contribution in [1.82, 2.24) is 9.78 Å². The second-order valence-electron chi connectivity index (χ2n) is 4.02. The van der Waals surface area contributed by atoms with Gasteiger partial charge in [0.2, 0.25) is 0 Å². The lowest BCUT2D eigenvalue weighted by Gasteiger charge is -2.06. The number of carboxylic acids is 2. The van der Waals surface area contributed by atoms with E-state index in [1.165, 1.54) is 0 Å². The topological polar surface area (TPSA) is 102 Å². The fraction of sp³-hybridized carbons (Fsp3) is 0.154. The SMILES string of the molecule is COc1ccc(Cn2ncc(C(=O)O)c2C(=O)O)cc1. The van der Waals surface area contributed by atoms with E-state index in [2.05, 4.69) is 5.10 Å². The maximum atomic E-state index is 11.2. The third kappa shape index (κ3) is 2.61. The number of carboxylic acid groups (broad SMARTS) is 2. The van der Waals surface area contributed by atoms with Gasteiger partial charge in [0.05, 0.1) is 19.9 Å². The molecule has 0 fully saturated rings. The Morgan fingerprint density at radius 2 is 1.85 bits per heavy atom. The normalized spacial score (nSPS) is 10.2. The lowest BCUT2D eigenvalue weighted by Crippen LogP contribution is -2.14. The molecular weight excluding hydrogens is 264 g/mol. The third-order valence-electron chi connectivity index (χ3n) is 2.76. The highest BCUT2D eigenvalue weighted by atomic mass is 16.5. The Bertz CT molecular complexity index is 645. The summed E-state index contributed by atoms with van der Waals surface area (Å²) in [4.78, 5) is 22.1. The van der Waals surface area contributed by atoms with Gasteiger partial charge in [-0.1, -0.05) is 12.1 Å². The Morgan fingerprint density at radius 3 is 2.35 bits per heavy atom. The standard InChI is InChI=1S/C13H12N2O5/c1-20-9-4-2-8(3-5-9)7-15-11(13(18)19)10(6-14-15)12(16)17/h2-6H,7H2,1H3,(H,16,17)(H,18,19). The first-order valence-electron chi connectivity index (χ1n) is 5.68. The summed E-state index contributed by atoms with van der Waals surface area (Å²) in [7, 11) is 1.55. The van der Waals surface area contributed by atoms with Crippen LogP contribution in [0.3, 0.4) is 0 Å². The summed E-state index contributed by atoms with van der Waals surface area (Å²) in [6, 6.07) is 6.98. The van der Waals surface area contributed by atoms with Crippen molar-refractivity contribution in [3.8, 4) is 5.75 Å². The van der Waals surface area contributed by atoms with E-state index in [9.17, 15) is 9.59 Å². The van der Waals surface area contributed by atoms with Gasteiger partial charge in [-0.25, -0.2) is 9.59 Å². The van der Waals surface area contributed by atoms with E-state index in [1.54, 1.807) is 31.4 Å². The molecule has 2 aromatic rings. The molecule has 0 aliphatic heterocycles. The molecule has 1 aromatic heterocycles. The summed E-state index contributed by atoms with van der Waals surface area (Å²) in [5.41, 5.74) is 0.118. The van der Waals surface area contributed by atoms with Crippen LogP contribution >= 0.6 is 0 Å². The summed E-state index contributed by atoms with van der Waals surface area (Å²) in [6.07, 6.45) is 1.04. The molecule has 2 rings (SSSR count). The number of aromatic carboxylic acids is 2. The van der Waals surface area contributed by atoms with E-state index in [0.717, 1.165) is 16.4 Å². The predicted octanol–water partition coefficient (Wildman–Crippen LogP) is 1.34. The van der Waals surface area contributed by atoms with E-state index < -0.39 is 11.9 Å². The molecule has 1 aromatic carbocycles. The predicted molar refractivity (Wildman–Crippen MR) is 68.2 cm³/mol. The van der Waals surface area contributed by atoms with Crippen molar-refractivity contribution in [2.45, 2.75) is 6.54 Å². The van der Waals surface area contributed by atoms with Crippen molar-refractivity contribution < 1.29 is 24.5 Å². The first kappa shape index (κ1) is 13.6. The molecule has 0 spiro atoms. The summed E-state index contributed by atoms with van der Waals surface area (Å²) >= 11 is 0. The second kappa shape index (κ2) is 5.43. The molecule has 7 heteroatoms. The van der Waals surface area contributed by atoms with Gasteiger partial charge in [-0.15, -0.1) is 0 Å². The molecule has 104 valence electrons. The van der Waals surface area contributed by atoms with Gasteiger partial charge in [0.25, 0.3) is 0 Å². The van der Waals surface area contributed by atoms with Gasteiger partial charge >= 0.3 is 11.9 Å². The lowest BCUT2D eigenvalue weighted by molar-refractivity contribution is 0.0643. The molecule has 1 heterocycles. The molecule has 0 bridgehead atoms. The molecule has 0 amide bonds. The smallest absolute Gasteiger partial charge is 0.355 e. The van der Waals surface area contributed by atoms with Crippen molar-refractivity contribution in [1.29, 1.82) is 0 Å². The Hall–Kier alpha value is -2.83. The lowest BCUT2D eigenvalue weighted by atomic mass is 10.2. The van der Waals surface area contributed by atoms with Gasteiger partial charge in [0.1, 0.15) is 11.3 Å². The number of benzene rings is 1. The van der Waals surface area contributed by atoms with Gasteiger partial charge in [0, 0.05) is 0 Å². The highest BCUT2D eigenvalue weighted by molar-refractivity contribution is 6.00. The zero-order chi connectivity index (χ0) is 14.7. The molecule has 0 atom stereocenters. The van der Waals surface area contributed by atoms with E-state index in [0.29, 0.717) is 5.75 Å². The monoisotopic (exact) mass is 276 g/mol. The van der Waals surface area contributed by atoms with E-state index >= 15 is 0 Å². The zero-order valence-corrected chi connectivity index (χ0v) is 10.6. The third-order valence-corrected chi connectivity index (χ3v) is 2.76. The number of carbonyl (C=O) groups is 2. The molecule has 0 radical (unpaired) electrons. The Labute approximate surface area is 114 Å². The minimum absolute atomic E-state index is 0.166. The first-order valence-corrected chi connectivity index (χ1v) is 5.68. The Balaban J connectivity index is 2.33. The van der Waals surface area contributed by atoms with Crippen molar-refractivity contribution in [2.75, 3.05) is 7.11 Å². The summed E-state index contributed by atoms with van der Waals surface area (Å²) in [5, 5.41) is 21.8. The minimum Gasteiger partial charge on any atom is -0.497 e. The minimum atomic E-state index is -1.33. The van der Waals surface area contributed by atoms with Crippen molar-refractivity contribution in [2.24, 2.45) is 0 Å². The van der Waals surface area contributed by atoms with Crippen LogP contribution < -0.4 is 4.74 Å². The van der Waals surface area contributed by atoms with Crippen molar-refractivity contribution in [3.05, 3.63) is 47.3 Å². The average Bonchev–Trinajstić information content (AvgIpc) is 2.83. The number of hydrogen-bond acceptors (Lipinski definition) is 4. The average molecular weight is 276 g/mol. The highest BCUT2D eigenvalue weighted by Crippen LogP contribution is 2.15. The van der Waals surface area contributed by atoms with Crippen LogP contribution in [0.25, 0.3) is 0 Å². The van der Waals surface area contributed by atoms with Crippen LogP contribution in [0.2, 0.25) is 0 Å². The van der Waals surface area contributed by atoms with Crippen LogP contribution in [0.4, 0.5) is 0 Å². The van der Waals surface area contributed by atoms with Crippen molar-refractivity contribution >= 4 is 11.9 Å². The van der Waals surface area contributed by atoms with Gasteiger partial charge in [-0.05, 0) is 17.7 Å². The largest absolute Gasteiger partial charge is 0.497 e. The van der Waals surface area contributed by atoms with E-state index in [1.807, 2.05) is 0 Å². The molecule has 0 aliphatic carbocycles. The van der Waals surface area contributed by atoms with Gasteiger partial charge in [-0.2, -0.15) is 5.10 Å². The zero-order valence-electron chi connectivity index (χ0n) is 10.6. The number of nitrogens with zero attached hydrogens (tertiary/aromatic N) is 2. The Morgan fingerprint density at radius 1 is 1.20 bits per heavy atom. The number of aromatic nitrogens is 2. The fourth-order valence-electron chi connectivity index (χ4n) is 1.79. The molecule has 0 unspecified atom stereocenters. The molecule has 20 heavy (non-hydrogen) atoms. The van der Waals surface area contributed by atoms with Crippen molar-refractivity contribution in [3.63, 3.8) is 0 Å². The Kier molecular flexibility index (Phi) is 3.69. The van der Waals surface area contributed by atoms with Gasteiger partial charge < -0.3 is 14.9 Å². The summed E-state index contributed by atoms with van der Waals surface area (Å²) in [5.74, 6) is -1.96. The number of rotatable bonds is 5. The van der Waals surface area contributed by atoms with E-state index in [4.69, 9.17) is 14.9 Å². The molecular formula is C13H12N2O5. The van der Waals surface area contributed by atoms with Crippen LogP contribution in [-0.4, -0.2) is 39.0 Å². The van der Waals surface area contributed by atoms with Gasteiger partial charge in [-0.3, -0.25) is 4.68 Å². The summed E-state index contributed by atoms with van der Waals surface area (Å²) < 4.78 is 6.17. The van der Waals surface area contributed by atoms with Crippen LogP contribution in [0.15, 0.2) is 30.5 Å². The summed E-state index contributed by atoms with van der Waals surface area (Å²) in [6.45, 7) is 0.166. The molecule has 7 nitrogen and oxygen atoms in total. The quantitative estimate of drug-likeness (QED) is 0.854. The van der Waals surface area contributed by atoms with Gasteiger partial charge in [0.15, 0.2) is 5.69 Å². The fourth-order valence-corrected chi connectivity index (χ4v) is 1.79. The maximum absolute atomic E-state index is 11.2. The molecule has 0 saturated heterocycles. The van der Waals surface area contributed by atoms with E-state index in [-0.39, 0.29) is 17.8 Å². The van der Waals surface area contributed by atoms with Crippen LogP contribution in [0, 0.1) is 0 Å². The maximum Gasteiger partial charge on any atom is 0.355 e.